The van der Waals surface area contributed by atoms with Gasteiger partial charge in [-0.1, -0.05) is 47.2 Å². The Bertz CT molecular complexity index is 1110. The van der Waals surface area contributed by atoms with Crippen molar-refractivity contribution < 1.29 is 4.42 Å². The first kappa shape index (κ1) is 15.6. The zero-order valence-electron chi connectivity index (χ0n) is 13.9. The molecule has 0 saturated heterocycles. The monoisotopic (exact) mass is 348 g/mol. The molecule has 4 aromatic rings. The fourth-order valence-electron chi connectivity index (χ4n) is 2.68. The van der Waals surface area contributed by atoms with Crippen molar-refractivity contribution in [2.45, 2.75) is 13.8 Å². The van der Waals surface area contributed by atoms with E-state index in [0.29, 0.717) is 11.1 Å². The molecule has 2 aromatic heterocycles. The first-order chi connectivity index (χ1) is 12.1. The molecule has 25 heavy (non-hydrogen) atoms. The normalized spacial score (nSPS) is 11.0. The molecule has 2 heterocycles. The molecule has 1 N–H and O–H groups in total. The number of thiazole rings is 1. The van der Waals surface area contributed by atoms with Crippen LogP contribution in [0.3, 0.4) is 0 Å². The molecule has 0 saturated carbocycles. The van der Waals surface area contributed by atoms with Gasteiger partial charge in [0.05, 0.1) is 16.1 Å². The summed E-state index contributed by atoms with van der Waals surface area (Å²) in [6.07, 6.45) is 0. The number of hydrogen-bond donors (Lipinski definition) is 1. The summed E-state index contributed by atoms with van der Waals surface area (Å²) in [5.41, 5.74) is 3.78. The molecule has 0 atom stereocenters. The number of aromatic nitrogens is 1. The minimum atomic E-state index is -0.340. The van der Waals surface area contributed by atoms with E-state index in [2.05, 4.69) is 17.2 Å². The molecule has 2 aromatic carbocycles. The summed E-state index contributed by atoms with van der Waals surface area (Å²) in [6.45, 7) is 3.95. The van der Waals surface area contributed by atoms with Gasteiger partial charge in [-0.15, -0.1) is 0 Å². The third-order valence-electron chi connectivity index (χ3n) is 3.99. The van der Waals surface area contributed by atoms with E-state index in [1.54, 1.807) is 6.07 Å². The van der Waals surface area contributed by atoms with Crippen molar-refractivity contribution in [2.24, 2.45) is 0 Å². The van der Waals surface area contributed by atoms with E-state index >= 15 is 0 Å². The lowest BCUT2D eigenvalue weighted by molar-refractivity contribution is 0.563. The molecule has 4 nitrogen and oxygen atoms in total. The Labute approximate surface area is 148 Å². The topological polar surface area (TPSA) is 55.1 Å². The number of benzene rings is 2. The SMILES string of the molecule is Cc1ccc(Nc2nc(C)c(-c3cc4ccccc4oc3=O)s2)cc1. The maximum absolute atomic E-state index is 12.4. The number of para-hydroxylation sites is 1. The number of hydrogen-bond acceptors (Lipinski definition) is 5. The van der Waals surface area contributed by atoms with Crippen molar-refractivity contribution >= 4 is 33.1 Å². The molecule has 0 unspecified atom stereocenters. The van der Waals surface area contributed by atoms with Crippen LogP contribution in [0.4, 0.5) is 10.8 Å². The zero-order chi connectivity index (χ0) is 17.4. The second-order valence-corrected chi connectivity index (χ2v) is 6.91. The van der Waals surface area contributed by atoms with Gasteiger partial charge in [-0.2, -0.15) is 0 Å². The molecule has 0 radical (unpaired) electrons. The predicted octanol–water partition coefficient (Wildman–Crippen LogP) is 5.28. The second-order valence-electron chi connectivity index (χ2n) is 5.91. The van der Waals surface area contributed by atoms with Gasteiger partial charge in [0.15, 0.2) is 5.13 Å². The van der Waals surface area contributed by atoms with E-state index in [9.17, 15) is 4.79 Å². The number of anilines is 2. The van der Waals surface area contributed by atoms with E-state index in [1.165, 1.54) is 16.9 Å². The second kappa shape index (κ2) is 6.18. The highest BCUT2D eigenvalue weighted by molar-refractivity contribution is 7.19. The Balaban J connectivity index is 1.74. The Morgan fingerprint density at radius 1 is 1.04 bits per heavy atom. The van der Waals surface area contributed by atoms with E-state index in [0.717, 1.165) is 26.8 Å². The number of nitrogens with one attached hydrogen (secondary N) is 1. The fourth-order valence-corrected chi connectivity index (χ4v) is 3.67. The van der Waals surface area contributed by atoms with Gasteiger partial charge in [0, 0.05) is 11.1 Å². The molecular formula is C20H16N2O2S. The third-order valence-corrected chi connectivity index (χ3v) is 5.09. The van der Waals surface area contributed by atoms with Gasteiger partial charge in [-0.25, -0.2) is 9.78 Å². The summed E-state index contributed by atoms with van der Waals surface area (Å²) in [7, 11) is 0. The summed E-state index contributed by atoms with van der Waals surface area (Å²) >= 11 is 1.45. The fraction of sp³-hybridized carbons (Fsp3) is 0.100. The van der Waals surface area contributed by atoms with E-state index in [1.807, 2.05) is 55.5 Å². The summed E-state index contributed by atoms with van der Waals surface area (Å²) in [6, 6.07) is 17.5. The number of aryl methyl sites for hydroxylation is 2. The van der Waals surface area contributed by atoms with Crippen LogP contribution in [0.15, 0.2) is 63.8 Å². The van der Waals surface area contributed by atoms with Crippen LogP contribution in [0.1, 0.15) is 11.3 Å². The summed E-state index contributed by atoms with van der Waals surface area (Å²) in [5.74, 6) is 0. The van der Waals surface area contributed by atoms with Crippen LogP contribution in [0.5, 0.6) is 0 Å². The quantitative estimate of drug-likeness (QED) is 0.512. The van der Waals surface area contributed by atoms with Crippen molar-refractivity contribution in [1.29, 1.82) is 0 Å². The van der Waals surface area contributed by atoms with Crippen LogP contribution in [-0.4, -0.2) is 4.98 Å². The van der Waals surface area contributed by atoms with Gasteiger partial charge in [0.25, 0.3) is 0 Å². The Morgan fingerprint density at radius 3 is 2.60 bits per heavy atom. The molecule has 0 aliphatic heterocycles. The molecule has 0 aliphatic rings. The van der Waals surface area contributed by atoms with E-state index in [-0.39, 0.29) is 5.63 Å². The highest BCUT2D eigenvalue weighted by Gasteiger charge is 2.15. The number of fused-ring (bicyclic) bond motifs is 1. The van der Waals surface area contributed by atoms with Gasteiger partial charge in [-0.3, -0.25) is 0 Å². The summed E-state index contributed by atoms with van der Waals surface area (Å²) in [4.78, 5) is 17.8. The van der Waals surface area contributed by atoms with Crippen molar-refractivity contribution in [3.63, 3.8) is 0 Å². The van der Waals surface area contributed by atoms with E-state index < -0.39 is 0 Å². The van der Waals surface area contributed by atoms with Crippen LogP contribution in [0.25, 0.3) is 21.4 Å². The Hall–Kier alpha value is -2.92. The van der Waals surface area contributed by atoms with Gasteiger partial charge in [-0.05, 0) is 38.1 Å². The smallest absolute Gasteiger partial charge is 0.345 e. The van der Waals surface area contributed by atoms with Crippen LogP contribution in [-0.2, 0) is 0 Å². The molecule has 0 amide bonds. The largest absolute Gasteiger partial charge is 0.422 e. The first-order valence-corrected chi connectivity index (χ1v) is 8.76. The minimum absolute atomic E-state index is 0.340. The molecule has 5 heteroatoms. The summed E-state index contributed by atoms with van der Waals surface area (Å²) in [5, 5.41) is 4.95. The highest BCUT2D eigenvalue weighted by Crippen LogP contribution is 2.33. The van der Waals surface area contributed by atoms with Crippen LogP contribution >= 0.6 is 11.3 Å². The maximum atomic E-state index is 12.4. The Morgan fingerprint density at radius 2 is 1.80 bits per heavy atom. The third kappa shape index (κ3) is 3.06. The first-order valence-electron chi connectivity index (χ1n) is 7.94. The average Bonchev–Trinajstić information content (AvgIpc) is 2.96. The zero-order valence-corrected chi connectivity index (χ0v) is 14.7. The van der Waals surface area contributed by atoms with Gasteiger partial charge in [0.2, 0.25) is 0 Å². The average molecular weight is 348 g/mol. The van der Waals surface area contributed by atoms with Gasteiger partial charge in [0.1, 0.15) is 5.58 Å². The number of nitrogens with zero attached hydrogens (tertiary/aromatic N) is 1. The molecule has 0 fully saturated rings. The lowest BCUT2D eigenvalue weighted by Gasteiger charge is -2.02. The van der Waals surface area contributed by atoms with Crippen molar-refractivity contribution in [2.75, 3.05) is 5.32 Å². The molecule has 0 bridgehead atoms. The van der Waals surface area contributed by atoms with Crippen molar-refractivity contribution in [3.8, 4) is 10.4 Å². The van der Waals surface area contributed by atoms with Crippen LogP contribution < -0.4 is 10.9 Å². The standard InChI is InChI=1S/C20H16N2O2S/c1-12-7-9-15(10-8-12)22-20-21-13(2)18(25-20)16-11-14-5-3-4-6-17(14)24-19(16)23/h3-11H,1-2H3,(H,21,22). The maximum Gasteiger partial charge on any atom is 0.345 e. The molecule has 0 aliphatic carbocycles. The van der Waals surface area contributed by atoms with Crippen LogP contribution in [0.2, 0.25) is 0 Å². The number of rotatable bonds is 3. The molecule has 124 valence electrons. The molecule has 0 spiro atoms. The lowest BCUT2D eigenvalue weighted by atomic mass is 10.1. The van der Waals surface area contributed by atoms with Gasteiger partial charge < -0.3 is 9.73 Å². The van der Waals surface area contributed by atoms with Crippen molar-refractivity contribution in [3.05, 3.63) is 76.3 Å². The molecule has 4 rings (SSSR count). The highest BCUT2D eigenvalue weighted by atomic mass is 32.1. The summed E-state index contributed by atoms with van der Waals surface area (Å²) < 4.78 is 5.45. The molecular weight excluding hydrogens is 332 g/mol. The predicted molar refractivity (Wildman–Crippen MR) is 103 cm³/mol. The van der Waals surface area contributed by atoms with E-state index in [4.69, 9.17) is 4.42 Å². The minimum Gasteiger partial charge on any atom is -0.422 e. The van der Waals surface area contributed by atoms with Gasteiger partial charge >= 0.3 is 5.63 Å². The lowest BCUT2D eigenvalue weighted by Crippen LogP contribution is -2.02. The Kier molecular flexibility index (Phi) is 3.86. The van der Waals surface area contributed by atoms with Crippen molar-refractivity contribution in [1.82, 2.24) is 4.98 Å². The van der Waals surface area contributed by atoms with Crippen LogP contribution in [0, 0.1) is 13.8 Å².